The van der Waals surface area contributed by atoms with E-state index < -0.39 is 0 Å². The van der Waals surface area contributed by atoms with E-state index in [9.17, 15) is 4.79 Å². The van der Waals surface area contributed by atoms with Gasteiger partial charge in [0.05, 0.1) is 17.8 Å². The lowest BCUT2D eigenvalue weighted by molar-refractivity contribution is 0.0954. The number of hydrogen-bond donors (Lipinski definition) is 2. The predicted molar refractivity (Wildman–Crippen MR) is 84.9 cm³/mol. The molecule has 4 nitrogen and oxygen atoms in total. The van der Waals surface area contributed by atoms with Gasteiger partial charge < -0.3 is 15.8 Å². The van der Waals surface area contributed by atoms with Crippen molar-refractivity contribution in [2.45, 2.75) is 6.42 Å². The number of rotatable bonds is 5. The minimum atomic E-state index is -0.162. The van der Waals surface area contributed by atoms with E-state index in [-0.39, 0.29) is 5.91 Å². The van der Waals surface area contributed by atoms with Crippen molar-refractivity contribution in [3.05, 3.63) is 58.6 Å². The molecular weight excluding hydrogens is 288 g/mol. The molecule has 5 heteroatoms. The lowest BCUT2D eigenvalue weighted by Crippen LogP contribution is -2.25. The van der Waals surface area contributed by atoms with E-state index in [1.807, 2.05) is 24.3 Å². The van der Waals surface area contributed by atoms with E-state index in [1.54, 1.807) is 25.3 Å². The number of halogens is 1. The first kappa shape index (κ1) is 15.2. The van der Waals surface area contributed by atoms with Crippen molar-refractivity contribution >= 4 is 23.2 Å². The lowest BCUT2D eigenvalue weighted by atomic mass is 10.1. The second-order valence-electron chi connectivity index (χ2n) is 4.59. The Balaban J connectivity index is 1.87. The molecule has 0 aliphatic carbocycles. The number of amides is 1. The van der Waals surface area contributed by atoms with Gasteiger partial charge >= 0.3 is 0 Å². The van der Waals surface area contributed by atoms with Gasteiger partial charge in [0.25, 0.3) is 5.91 Å². The van der Waals surface area contributed by atoms with Gasteiger partial charge in [-0.05, 0) is 42.3 Å². The van der Waals surface area contributed by atoms with Gasteiger partial charge in [-0.15, -0.1) is 0 Å². The highest BCUT2D eigenvalue weighted by Crippen LogP contribution is 2.19. The maximum absolute atomic E-state index is 12.0. The molecule has 0 saturated carbocycles. The second kappa shape index (κ2) is 6.99. The van der Waals surface area contributed by atoms with Gasteiger partial charge in [0.1, 0.15) is 5.75 Å². The first-order chi connectivity index (χ1) is 10.1. The Morgan fingerprint density at radius 2 is 1.95 bits per heavy atom. The molecule has 0 saturated heterocycles. The number of nitrogens with one attached hydrogen (secondary N) is 1. The van der Waals surface area contributed by atoms with E-state index in [0.29, 0.717) is 22.8 Å². The number of benzene rings is 2. The Morgan fingerprint density at radius 3 is 2.57 bits per heavy atom. The van der Waals surface area contributed by atoms with E-state index in [4.69, 9.17) is 22.1 Å². The van der Waals surface area contributed by atoms with Gasteiger partial charge in [-0.2, -0.15) is 0 Å². The van der Waals surface area contributed by atoms with Crippen molar-refractivity contribution in [2.24, 2.45) is 0 Å². The maximum atomic E-state index is 12.0. The van der Waals surface area contributed by atoms with Gasteiger partial charge in [-0.25, -0.2) is 0 Å². The van der Waals surface area contributed by atoms with Crippen molar-refractivity contribution in [3.8, 4) is 5.75 Å². The summed E-state index contributed by atoms with van der Waals surface area (Å²) in [5, 5.41) is 3.24. The number of hydrogen-bond acceptors (Lipinski definition) is 3. The van der Waals surface area contributed by atoms with Crippen LogP contribution < -0.4 is 15.8 Å². The molecule has 2 rings (SSSR count). The van der Waals surface area contributed by atoms with Crippen molar-refractivity contribution in [3.63, 3.8) is 0 Å². The second-order valence-corrected chi connectivity index (χ2v) is 5.00. The van der Waals surface area contributed by atoms with Crippen molar-refractivity contribution in [2.75, 3.05) is 19.4 Å². The number of carbonyl (C=O) groups excluding carboxylic acids is 1. The van der Waals surface area contributed by atoms with Crippen LogP contribution in [0.25, 0.3) is 0 Å². The molecule has 0 radical (unpaired) electrons. The Morgan fingerprint density at radius 1 is 1.24 bits per heavy atom. The van der Waals surface area contributed by atoms with Crippen LogP contribution in [0, 0.1) is 0 Å². The first-order valence-corrected chi connectivity index (χ1v) is 6.94. The Bertz CT molecular complexity index is 627. The monoisotopic (exact) mass is 304 g/mol. The fourth-order valence-electron chi connectivity index (χ4n) is 1.88. The van der Waals surface area contributed by atoms with E-state index >= 15 is 0 Å². The van der Waals surface area contributed by atoms with Crippen LogP contribution in [0.3, 0.4) is 0 Å². The third kappa shape index (κ3) is 4.13. The number of nitrogens with two attached hydrogens (primary N) is 1. The van der Waals surface area contributed by atoms with Gasteiger partial charge in [-0.3, -0.25) is 4.79 Å². The Kier molecular flexibility index (Phi) is 5.06. The van der Waals surface area contributed by atoms with Crippen molar-refractivity contribution in [1.82, 2.24) is 5.32 Å². The zero-order valence-electron chi connectivity index (χ0n) is 11.7. The van der Waals surface area contributed by atoms with Crippen LogP contribution >= 0.6 is 11.6 Å². The third-order valence-corrected chi connectivity index (χ3v) is 3.45. The van der Waals surface area contributed by atoms with Crippen LogP contribution in [-0.4, -0.2) is 19.6 Å². The highest BCUT2D eigenvalue weighted by atomic mass is 35.5. The standard InChI is InChI=1S/C16H17ClN2O2/c1-21-13-5-2-11(3-6-13)8-9-19-16(20)12-4-7-15(18)14(17)10-12/h2-7,10H,8-9,18H2,1H3,(H,19,20). The molecule has 2 aromatic rings. The Hall–Kier alpha value is -2.20. The number of anilines is 1. The molecule has 21 heavy (non-hydrogen) atoms. The largest absolute Gasteiger partial charge is 0.497 e. The maximum Gasteiger partial charge on any atom is 0.251 e. The van der Waals surface area contributed by atoms with Crippen LogP contribution in [0.4, 0.5) is 5.69 Å². The topological polar surface area (TPSA) is 64.3 Å². The summed E-state index contributed by atoms with van der Waals surface area (Å²) < 4.78 is 5.10. The normalized spacial score (nSPS) is 10.2. The SMILES string of the molecule is COc1ccc(CCNC(=O)c2ccc(N)c(Cl)c2)cc1. The molecule has 0 fully saturated rings. The molecule has 1 amide bonds. The smallest absolute Gasteiger partial charge is 0.251 e. The van der Waals surface area contributed by atoms with Gasteiger partial charge in [-0.1, -0.05) is 23.7 Å². The number of methoxy groups -OCH3 is 1. The summed E-state index contributed by atoms with van der Waals surface area (Å²) >= 11 is 5.90. The summed E-state index contributed by atoms with van der Waals surface area (Å²) in [6.07, 6.45) is 0.748. The number of nitrogen functional groups attached to an aromatic ring is 1. The molecule has 0 aliphatic heterocycles. The quantitative estimate of drug-likeness (QED) is 0.835. The van der Waals surface area contributed by atoms with Gasteiger partial charge in [0.15, 0.2) is 0 Å². The molecule has 0 atom stereocenters. The molecule has 0 spiro atoms. The molecule has 3 N–H and O–H groups in total. The van der Waals surface area contributed by atoms with Crippen LogP contribution in [0.1, 0.15) is 15.9 Å². The fourth-order valence-corrected chi connectivity index (χ4v) is 2.06. The molecule has 0 unspecified atom stereocenters. The molecule has 0 heterocycles. The van der Waals surface area contributed by atoms with E-state index in [0.717, 1.165) is 17.7 Å². The average Bonchev–Trinajstić information content (AvgIpc) is 2.50. The van der Waals surface area contributed by atoms with Crippen LogP contribution in [0.2, 0.25) is 5.02 Å². The fraction of sp³-hybridized carbons (Fsp3) is 0.188. The predicted octanol–water partition coefficient (Wildman–Crippen LogP) is 2.90. The summed E-state index contributed by atoms with van der Waals surface area (Å²) in [4.78, 5) is 12.0. The highest BCUT2D eigenvalue weighted by molar-refractivity contribution is 6.33. The molecule has 2 aromatic carbocycles. The highest BCUT2D eigenvalue weighted by Gasteiger charge is 2.07. The Labute approximate surface area is 128 Å². The summed E-state index contributed by atoms with van der Waals surface area (Å²) in [5.41, 5.74) is 7.71. The zero-order chi connectivity index (χ0) is 15.2. The minimum absolute atomic E-state index is 0.162. The summed E-state index contributed by atoms with van der Waals surface area (Å²) in [7, 11) is 1.63. The first-order valence-electron chi connectivity index (χ1n) is 6.56. The van der Waals surface area contributed by atoms with Gasteiger partial charge in [0.2, 0.25) is 0 Å². The van der Waals surface area contributed by atoms with E-state index in [1.165, 1.54) is 0 Å². The summed E-state index contributed by atoms with van der Waals surface area (Å²) in [6.45, 7) is 0.549. The van der Waals surface area contributed by atoms with Crippen LogP contribution in [0.15, 0.2) is 42.5 Å². The molecule has 0 aliphatic rings. The van der Waals surface area contributed by atoms with E-state index in [2.05, 4.69) is 5.32 Å². The molecule has 0 bridgehead atoms. The molecular formula is C16H17ClN2O2. The number of carbonyl (C=O) groups is 1. The van der Waals surface area contributed by atoms with Crippen molar-refractivity contribution in [1.29, 1.82) is 0 Å². The van der Waals surface area contributed by atoms with Crippen molar-refractivity contribution < 1.29 is 9.53 Å². The third-order valence-electron chi connectivity index (χ3n) is 3.12. The zero-order valence-corrected chi connectivity index (χ0v) is 12.5. The van der Waals surface area contributed by atoms with Crippen LogP contribution in [0.5, 0.6) is 5.75 Å². The van der Waals surface area contributed by atoms with Gasteiger partial charge in [0, 0.05) is 12.1 Å². The summed E-state index contributed by atoms with van der Waals surface area (Å²) in [5.74, 6) is 0.657. The van der Waals surface area contributed by atoms with Crippen LogP contribution in [-0.2, 0) is 6.42 Å². The lowest BCUT2D eigenvalue weighted by Gasteiger charge is -2.07. The number of ether oxygens (including phenoxy) is 1. The molecule has 0 aromatic heterocycles. The average molecular weight is 305 g/mol. The summed E-state index contributed by atoms with van der Waals surface area (Å²) in [6, 6.07) is 12.6. The minimum Gasteiger partial charge on any atom is -0.497 e. The molecule has 110 valence electrons.